The van der Waals surface area contributed by atoms with Gasteiger partial charge in [-0.2, -0.15) is 0 Å². The van der Waals surface area contributed by atoms with E-state index in [2.05, 4.69) is 35.3 Å². The van der Waals surface area contributed by atoms with E-state index in [1.165, 1.54) is 24.0 Å². The van der Waals surface area contributed by atoms with Crippen molar-refractivity contribution in [2.24, 2.45) is 5.92 Å². The summed E-state index contributed by atoms with van der Waals surface area (Å²) in [7, 11) is 0. The maximum absolute atomic E-state index is 12.1. The highest BCUT2D eigenvalue weighted by Crippen LogP contribution is 2.33. The summed E-state index contributed by atoms with van der Waals surface area (Å²) in [4.78, 5) is 25.3. The predicted molar refractivity (Wildman–Crippen MR) is 104 cm³/mol. The van der Waals surface area contributed by atoms with Gasteiger partial charge in [0.2, 0.25) is 5.91 Å². The number of nitrogens with zero attached hydrogens (tertiary/aromatic N) is 1. The maximum atomic E-state index is 12.1. The first-order valence-electron chi connectivity index (χ1n) is 9.38. The molecule has 0 saturated heterocycles. The fourth-order valence-corrected chi connectivity index (χ4v) is 4.27. The molecule has 26 heavy (non-hydrogen) atoms. The zero-order valence-electron chi connectivity index (χ0n) is 15.3. The van der Waals surface area contributed by atoms with Gasteiger partial charge in [-0.25, -0.2) is 0 Å². The van der Waals surface area contributed by atoms with Crippen LogP contribution in [-0.2, 0) is 15.3 Å². The normalized spacial score (nSPS) is 22.1. The number of nitrogens with one attached hydrogen (secondary N) is 1. The monoisotopic (exact) mass is 376 g/mol. The van der Waals surface area contributed by atoms with Crippen LogP contribution in [0.4, 0.5) is 0 Å². The van der Waals surface area contributed by atoms with Gasteiger partial charge in [-0.1, -0.05) is 29.8 Å². The van der Waals surface area contributed by atoms with Gasteiger partial charge in [0.05, 0.1) is 12.3 Å². The summed E-state index contributed by atoms with van der Waals surface area (Å²) in [6.45, 7) is 3.09. The second kappa shape index (κ2) is 8.91. The fraction of sp³-hybridized carbons (Fsp3) is 0.600. The predicted octanol–water partition coefficient (Wildman–Crippen LogP) is 2.67. The number of benzene rings is 1. The lowest BCUT2D eigenvalue weighted by Crippen LogP contribution is -2.55. The Morgan fingerprint density at radius 3 is 2.73 bits per heavy atom. The second-order valence-corrected chi connectivity index (χ2v) is 8.62. The molecule has 0 spiro atoms. The van der Waals surface area contributed by atoms with E-state index >= 15 is 0 Å². The van der Waals surface area contributed by atoms with E-state index in [4.69, 9.17) is 5.11 Å². The summed E-state index contributed by atoms with van der Waals surface area (Å²) in [5, 5.41) is 12.2. The van der Waals surface area contributed by atoms with Crippen LogP contribution in [-0.4, -0.2) is 52.8 Å². The Balaban J connectivity index is 1.33. The number of aliphatic carboxylic acids is 1. The molecule has 2 N–H and O–H groups in total. The van der Waals surface area contributed by atoms with Crippen LogP contribution in [0.1, 0.15) is 36.8 Å². The van der Waals surface area contributed by atoms with E-state index in [1.807, 2.05) is 6.07 Å². The highest BCUT2D eigenvalue weighted by Gasteiger charge is 2.37. The topological polar surface area (TPSA) is 69.6 Å². The summed E-state index contributed by atoms with van der Waals surface area (Å²) in [5.74, 6) is 1.32. The largest absolute Gasteiger partial charge is 0.480 e. The minimum absolute atomic E-state index is 0.0816. The molecule has 0 heterocycles. The number of rotatable bonds is 10. The molecular formula is C20H28N2O3S. The number of carboxylic acids is 1. The Hall–Kier alpha value is -1.53. The van der Waals surface area contributed by atoms with Crippen molar-refractivity contribution in [2.45, 2.75) is 50.4 Å². The average Bonchev–Trinajstić information content (AvgIpc) is 3.33. The van der Waals surface area contributed by atoms with Gasteiger partial charge in [0, 0.05) is 24.4 Å². The number of aryl methyl sites for hydroxylation is 1. The number of carbonyl (C=O) groups is 2. The quantitative estimate of drug-likeness (QED) is 0.657. The number of thioether (sulfide) groups is 1. The molecule has 3 rings (SSSR count). The van der Waals surface area contributed by atoms with Crippen LogP contribution >= 0.6 is 11.8 Å². The van der Waals surface area contributed by atoms with Crippen LogP contribution in [0, 0.1) is 12.8 Å². The molecule has 1 aromatic rings. The lowest BCUT2D eigenvalue weighted by atomic mass is 9.85. The molecular weight excluding hydrogens is 348 g/mol. The molecule has 2 saturated carbocycles. The molecule has 1 amide bonds. The van der Waals surface area contributed by atoms with Crippen LogP contribution in [0.5, 0.6) is 0 Å². The highest BCUT2D eigenvalue weighted by molar-refractivity contribution is 7.99. The summed E-state index contributed by atoms with van der Waals surface area (Å²) in [6.07, 6.45) is 4.19. The van der Waals surface area contributed by atoms with E-state index < -0.39 is 5.97 Å². The van der Waals surface area contributed by atoms with Crippen molar-refractivity contribution in [3.63, 3.8) is 0 Å². The molecule has 142 valence electrons. The summed E-state index contributed by atoms with van der Waals surface area (Å²) in [6, 6.07) is 8.86. The van der Waals surface area contributed by atoms with E-state index in [0.29, 0.717) is 17.7 Å². The van der Waals surface area contributed by atoms with Crippen molar-refractivity contribution in [1.29, 1.82) is 0 Å². The van der Waals surface area contributed by atoms with Gasteiger partial charge in [0.1, 0.15) is 0 Å². The van der Waals surface area contributed by atoms with Crippen LogP contribution in [0.2, 0.25) is 0 Å². The van der Waals surface area contributed by atoms with Crippen LogP contribution < -0.4 is 5.32 Å². The molecule has 0 bridgehead atoms. The third-order valence-corrected chi connectivity index (χ3v) is 6.11. The van der Waals surface area contributed by atoms with Gasteiger partial charge >= 0.3 is 5.97 Å². The molecule has 1 aromatic carbocycles. The Morgan fingerprint density at radius 2 is 2.08 bits per heavy atom. The zero-order chi connectivity index (χ0) is 18.5. The molecule has 0 unspecified atom stereocenters. The first-order valence-corrected chi connectivity index (χ1v) is 10.5. The van der Waals surface area contributed by atoms with E-state index in [9.17, 15) is 9.59 Å². The minimum atomic E-state index is -0.759. The van der Waals surface area contributed by atoms with Gasteiger partial charge < -0.3 is 10.4 Å². The third-order valence-electron chi connectivity index (χ3n) is 5.11. The number of hydrogen-bond acceptors (Lipinski definition) is 4. The molecule has 0 atom stereocenters. The molecule has 2 aliphatic rings. The second-order valence-electron chi connectivity index (χ2n) is 7.64. The lowest BCUT2D eigenvalue weighted by molar-refractivity contribution is -0.140. The molecule has 6 heteroatoms. The minimum Gasteiger partial charge on any atom is -0.480 e. The Labute approximate surface area is 159 Å². The van der Waals surface area contributed by atoms with Gasteiger partial charge in [-0.3, -0.25) is 14.5 Å². The lowest BCUT2D eigenvalue weighted by Gasteiger charge is -2.42. The maximum Gasteiger partial charge on any atom is 0.317 e. The van der Waals surface area contributed by atoms with Gasteiger partial charge in [0.25, 0.3) is 0 Å². The van der Waals surface area contributed by atoms with Crippen molar-refractivity contribution >= 4 is 23.6 Å². The first kappa shape index (κ1) is 19.2. The fourth-order valence-electron chi connectivity index (χ4n) is 3.49. The number of carbonyl (C=O) groups excluding carboxylic acids is 1. The van der Waals surface area contributed by atoms with E-state index in [0.717, 1.165) is 25.1 Å². The standard InChI is InChI=1S/C20H28N2O3S/c1-14-3-2-4-16(7-14)12-26-13-19(23)21-17-8-18(9-17)22(11-20(24)25)10-15-5-6-15/h2-4,7,15,17-18H,5-6,8-13H2,1H3,(H,21,23)(H,24,25). The summed E-state index contributed by atoms with van der Waals surface area (Å²) in [5.41, 5.74) is 2.49. The molecule has 0 aliphatic heterocycles. The Bertz CT molecular complexity index is 642. The van der Waals surface area contributed by atoms with Gasteiger partial charge in [-0.15, -0.1) is 11.8 Å². The van der Waals surface area contributed by atoms with Crippen molar-refractivity contribution in [3.8, 4) is 0 Å². The van der Waals surface area contributed by atoms with Gasteiger partial charge in [-0.05, 0) is 44.1 Å². The van der Waals surface area contributed by atoms with Gasteiger partial charge in [0.15, 0.2) is 0 Å². The Morgan fingerprint density at radius 1 is 1.31 bits per heavy atom. The van der Waals surface area contributed by atoms with Crippen LogP contribution in [0.25, 0.3) is 0 Å². The molecule has 5 nitrogen and oxygen atoms in total. The molecule has 2 fully saturated rings. The molecule has 0 radical (unpaired) electrons. The first-order chi connectivity index (χ1) is 12.5. The number of amides is 1. The van der Waals surface area contributed by atoms with Crippen LogP contribution in [0.15, 0.2) is 24.3 Å². The van der Waals surface area contributed by atoms with Crippen LogP contribution in [0.3, 0.4) is 0 Å². The van der Waals surface area contributed by atoms with Crippen molar-refractivity contribution in [3.05, 3.63) is 35.4 Å². The smallest absolute Gasteiger partial charge is 0.317 e. The summed E-state index contributed by atoms with van der Waals surface area (Å²) < 4.78 is 0. The summed E-state index contributed by atoms with van der Waals surface area (Å²) >= 11 is 1.63. The molecule has 2 aliphatic carbocycles. The van der Waals surface area contributed by atoms with E-state index in [1.54, 1.807) is 11.8 Å². The van der Waals surface area contributed by atoms with E-state index in [-0.39, 0.29) is 18.5 Å². The van der Waals surface area contributed by atoms with Crippen molar-refractivity contribution < 1.29 is 14.7 Å². The third kappa shape index (κ3) is 6.02. The number of carboxylic acid groups (broad SMARTS) is 1. The highest BCUT2D eigenvalue weighted by atomic mass is 32.2. The SMILES string of the molecule is Cc1cccc(CSCC(=O)NC2CC(N(CC(=O)O)CC3CC3)C2)c1. The zero-order valence-corrected chi connectivity index (χ0v) is 16.1. The molecule has 0 aromatic heterocycles. The average molecular weight is 377 g/mol. The van der Waals surface area contributed by atoms with Crippen molar-refractivity contribution in [2.75, 3.05) is 18.8 Å². The van der Waals surface area contributed by atoms with Crippen molar-refractivity contribution in [1.82, 2.24) is 10.2 Å². The Kier molecular flexibility index (Phi) is 6.59. The number of hydrogen-bond donors (Lipinski definition) is 2.